The fourth-order valence-corrected chi connectivity index (χ4v) is 1.11. The zero-order chi connectivity index (χ0) is 12.0. The third-order valence-corrected chi connectivity index (χ3v) is 1.54. The molecule has 0 aromatic rings. The lowest BCUT2D eigenvalue weighted by Crippen LogP contribution is -2.21. The summed E-state index contributed by atoms with van der Waals surface area (Å²) in [5.41, 5.74) is 1.07. The number of rotatable bonds is 1. The number of carbonyl (C=O) groups is 2. The van der Waals surface area contributed by atoms with Crippen LogP contribution in [0.15, 0.2) is 11.6 Å². The summed E-state index contributed by atoms with van der Waals surface area (Å²) in [4.78, 5) is 21.6. The molecule has 84 valence electrons. The highest BCUT2D eigenvalue weighted by atomic mass is 16.5. The summed E-state index contributed by atoms with van der Waals surface area (Å²) in [7, 11) is -2.17. The normalized spacial score (nSPS) is 18.9. The molecule has 0 aromatic heterocycles. The summed E-state index contributed by atoms with van der Waals surface area (Å²) < 4.78 is 0. The molecule has 6 nitrogen and oxygen atoms in total. The number of nitrogens with one attached hydrogen (secondary N) is 1. The lowest BCUT2D eigenvalue weighted by Gasteiger charge is -1.97. The smallest absolute Gasteiger partial charge is 0.402 e. The minimum atomic E-state index is -2.17. The van der Waals surface area contributed by atoms with Gasteiger partial charge in [0.15, 0.2) is 0 Å². The van der Waals surface area contributed by atoms with Gasteiger partial charge in [0.1, 0.15) is 0 Å². The van der Waals surface area contributed by atoms with E-state index in [0.29, 0.717) is 6.42 Å². The molecule has 1 rings (SSSR count). The molecule has 0 radical (unpaired) electrons. The highest BCUT2D eigenvalue weighted by molar-refractivity contribution is 6.30. The van der Waals surface area contributed by atoms with Crippen molar-refractivity contribution in [3.8, 4) is 0 Å². The molecule has 2 amide bonds. The Balaban J connectivity index is 0.000000423. The number of carbonyl (C=O) groups excluding carboxylic acids is 2. The van der Waals surface area contributed by atoms with Crippen molar-refractivity contribution in [1.29, 1.82) is 0 Å². The highest BCUT2D eigenvalue weighted by Gasteiger charge is 2.28. The van der Waals surface area contributed by atoms with Crippen LogP contribution in [0, 0.1) is 5.92 Å². The molecule has 1 aliphatic heterocycles. The lowest BCUT2D eigenvalue weighted by atomic mass is 10.1. The second kappa shape index (κ2) is 6.33. The van der Waals surface area contributed by atoms with Crippen LogP contribution in [0.3, 0.4) is 0 Å². The average molecular weight is 215 g/mol. The first-order valence-electron chi connectivity index (χ1n) is 4.36. The van der Waals surface area contributed by atoms with E-state index in [1.54, 1.807) is 0 Å². The van der Waals surface area contributed by atoms with E-state index in [0.717, 1.165) is 5.57 Å². The molecule has 4 N–H and O–H groups in total. The van der Waals surface area contributed by atoms with Gasteiger partial charge >= 0.3 is 7.32 Å². The van der Waals surface area contributed by atoms with Gasteiger partial charge in [-0.1, -0.05) is 11.6 Å². The zero-order valence-corrected chi connectivity index (χ0v) is 8.60. The molecule has 1 heterocycles. The van der Waals surface area contributed by atoms with Crippen molar-refractivity contribution >= 4 is 19.1 Å². The Morgan fingerprint density at radius 3 is 2.13 bits per heavy atom. The van der Waals surface area contributed by atoms with Gasteiger partial charge in [0.2, 0.25) is 11.8 Å². The van der Waals surface area contributed by atoms with Gasteiger partial charge in [-0.3, -0.25) is 14.9 Å². The summed E-state index contributed by atoms with van der Waals surface area (Å²) in [6, 6.07) is 0. The van der Waals surface area contributed by atoms with Crippen molar-refractivity contribution < 1.29 is 24.7 Å². The molecule has 1 atom stereocenters. The predicted molar refractivity (Wildman–Crippen MR) is 53.1 cm³/mol. The molecule has 1 saturated heterocycles. The molecule has 0 aromatic carbocycles. The quantitative estimate of drug-likeness (QED) is 0.243. The molecule has 0 spiro atoms. The van der Waals surface area contributed by atoms with Gasteiger partial charge in [-0.15, -0.1) is 0 Å². The standard InChI is InChI=1S/C8H11NO2.BH3O3/c1-5(2)3-6-4-7(10)9-8(6)11;2-1(3)4/h3,6H,4H2,1-2H3,(H,9,10,11);2-4H. The van der Waals surface area contributed by atoms with Gasteiger partial charge < -0.3 is 15.1 Å². The number of hydrogen-bond acceptors (Lipinski definition) is 5. The molecular formula is C8H14BNO5. The molecule has 0 aliphatic carbocycles. The van der Waals surface area contributed by atoms with E-state index in [9.17, 15) is 9.59 Å². The van der Waals surface area contributed by atoms with E-state index < -0.39 is 7.32 Å². The Bertz CT molecular complexity index is 269. The van der Waals surface area contributed by atoms with Crippen molar-refractivity contribution in [2.75, 3.05) is 0 Å². The first-order chi connectivity index (χ1) is 6.82. The molecule has 1 fully saturated rings. The number of imide groups is 1. The monoisotopic (exact) mass is 215 g/mol. The maximum atomic E-state index is 10.9. The van der Waals surface area contributed by atoms with Crippen LogP contribution in [-0.4, -0.2) is 34.2 Å². The van der Waals surface area contributed by atoms with E-state index in [-0.39, 0.29) is 17.7 Å². The average Bonchev–Trinajstić information content (AvgIpc) is 2.27. The van der Waals surface area contributed by atoms with Crippen LogP contribution < -0.4 is 5.32 Å². The first-order valence-corrected chi connectivity index (χ1v) is 4.36. The highest BCUT2D eigenvalue weighted by Crippen LogP contribution is 2.13. The minimum absolute atomic E-state index is 0.169. The summed E-state index contributed by atoms with van der Waals surface area (Å²) in [6.07, 6.45) is 2.13. The second-order valence-electron chi connectivity index (χ2n) is 3.31. The van der Waals surface area contributed by atoms with Crippen LogP contribution in [0.2, 0.25) is 0 Å². The van der Waals surface area contributed by atoms with Crippen molar-refractivity contribution in [2.24, 2.45) is 5.92 Å². The largest absolute Gasteiger partial charge is 0.631 e. The van der Waals surface area contributed by atoms with Crippen LogP contribution in [-0.2, 0) is 9.59 Å². The zero-order valence-electron chi connectivity index (χ0n) is 8.60. The van der Waals surface area contributed by atoms with E-state index >= 15 is 0 Å². The Kier molecular flexibility index (Phi) is 5.84. The Morgan fingerprint density at radius 2 is 1.87 bits per heavy atom. The fraction of sp³-hybridized carbons (Fsp3) is 0.500. The van der Waals surface area contributed by atoms with Crippen LogP contribution in [0.5, 0.6) is 0 Å². The Morgan fingerprint density at radius 1 is 1.40 bits per heavy atom. The van der Waals surface area contributed by atoms with Gasteiger partial charge in [-0.05, 0) is 13.8 Å². The fourth-order valence-electron chi connectivity index (χ4n) is 1.11. The van der Waals surface area contributed by atoms with E-state index in [1.807, 2.05) is 19.9 Å². The van der Waals surface area contributed by atoms with Crippen LogP contribution in [0.4, 0.5) is 0 Å². The van der Waals surface area contributed by atoms with Crippen molar-refractivity contribution in [1.82, 2.24) is 5.32 Å². The summed E-state index contributed by atoms with van der Waals surface area (Å²) in [5.74, 6) is -0.568. The van der Waals surface area contributed by atoms with Gasteiger partial charge in [-0.25, -0.2) is 0 Å². The molecule has 1 unspecified atom stereocenters. The summed E-state index contributed by atoms with van der Waals surface area (Å²) in [5, 5.41) is 23.7. The van der Waals surface area contributed by atoms with Gasteiger partial charge in [-0.2, -0.15) is 0 Å². The number of hydrogen-bond donors (Lipinski definition) is 4. The molecule has 7 heteroatoms. The molecule has 15 heavy (non-hydrogen) atoms. The number of allylic oxidation sites excluding steroid dienone is 1. The van der Waals surface area contributed by atoms with Crippen molar-refractivity contribution in [3.05, 3.63) is 11.6 Å². The van der Waals surface area contributed by atoms with E-state index in [4.69, 9.17) is 15.1 Å². The van der Waals surface area contributed by atoms with Crippen molar-refractivity contribution in [3.63, 3.8) is 0 Å². The van der Waals surface area contributed by atoms with Gasteiger partial charge in [0, 0.05) is 6.42 Å². The first kappa shape index (κ1) is 13.8. The maximum Gasteiger partial charge on any atom is 0.631 e. The van der Waals surface area contributed by atoms with E-state index in [2.05, 4.69) is 5.32 Å². The topological polar surface area (TPSA) is 107 Å². The SMILES string of the molecule is CC(C)=CC1CC(=O)NC1=O.OB(O)O. The summed E-state index contributed by atoms with van der Waals surface area (Å²) >= 11 is 0. The van der Waals surface area contributed by atoms with E-state index in [1.165, 1.54) is 0 Å². The maximum absolute atomic E-state index is 10.9. The third-order valence-electron chi connectivity index (χ3n) is 1.54. The predicted octanol–water partition coefficient (Wildman–Crippen LogP) is -1.44. The minimum Gasteiger partial charge on any atom is -0.402 e. The van der Waals surface area contributed by atoms with Crippen LogP contribution in [0.25, 0.3) is 0 Å². The summed E-state index contributed by atoms with van der Waals surface area (Å²) in [6.45, 7) is 3.83. The molecular weight excluding hydrogens is 201 g/mol. The third kappa shape index (κ3) is 6.84. The number of amides is 2. The molecule has 0 bridgehead atoms. The van der Waals surface area contributed by atoms with Crippen LogP contribution in [0.1, 0.15) is 20.3 Å². The van der Waals surface area contributed by atoms with Gasteiger partial charge in [0.05, 0.1) is 5.92 Å². The van der Waals surface area contributed by atoms with Gasteiger partial charge in [0.25, 0.3) is 0 Å². The Labute approximate surface area is 87.8 Å². The molecule has 1 aliphatic rings. The second-order valence-corrected chi connectivity index (χ2v) is 3.31. The lowest BCUT2D eigenvalue weighted by molar-refractivity contribution is -0.125. The molecule has 0 saturated carbocycles. The Hall–Kier alpha value is -1.18. The van der Waals surface area contributed by atoms with Crippen molar-refractivity contribution in [2.45, 2.75) is 20.3 Å². The van der Waals surface area contributed by atoms with Crippen LogP contribution >= 0.6 is 0 Å².